The first-order chi connectivity index (χ1) is 6.02. The van der Waals surface area contributed by atoms with Crippen molar-refractivity contribution in [1.29, 1.82) is 0 Å². The second-order valence-corrected chi connectivity index (χ2v) is 5.34. The normalized spacial score (nSPS) is 14.5. The molecule has 0 nitrogen and oxygen atoms in total. The van der Waals surface area contributed by atoms with Crippen LogP contribution in [0.5, 0.6) is 0 Å². The lowest BCUT2D eigenvalue weighted by molar-refractivity contribution is 0.245. The average Bonchev–Trinajstić information content (AvgIpc) is 2.03. The van der Waals surface area contributed by atoms with Crippen LogP contribution in [0, 0.1) is 11.3 Å². The van der Waals surface area contributed by atoms with Gasteiger partial charge in [-0.2, -0.15) is 0 Å². The van der Waals surface area contributed by atoms with Crippen LogP contribution < -0.4 is 0 Å². The fourth-order valence-corrected chi connectivity index (χ4v) is 2.04. The quantitative estimate of drug-likeness (QED) is 0.487. The molecule has 0 bridgehead atoms. The van der Waals surface area contributed by atoms with E-state index in [4.69, 9.17) is 0 Å². The summed E-state index contributed by atoms with van der Waals surface area (Å²) in [4.78, 5) is 0. The second-order valence-electron chi connectivity index (χ2n) is 5.34. The molecule has 0 aliphatic carbocycles. The van der Waals surface area contributed by atoms with Crippen LogP contribution in [0.2, 0.25) is 0 Å². The van der Waals surface area contributed by atoms with E-state index >= 15 is 0 Å². The fraction of sp³-hybridized carbons (Fsp3) is 1.00. The van der Waals surface area contributed by atoms with E-state index in [1.54, 1.807) is 0 Å². The van der Waals surface area contributed by atoms with Gasteiger partial charge in [-0.25, -0.2) is 0 Å². The Labute approximate surface area is 85.1 Å². The first kappa shape index (κ1) is 13.0. The molecule has 0 N–H and O–H groups in total. The van der Waals surface area contributed by atoms with E-state index in [0.717, 1.165) is 5.92 Å². The largest absolute Gasteiger partial charge is 0.0654 e. The van der Waals surface area contributed by atoms with Gasteiger partial charge < -0.3 is 0 Å². The maximum Gasteiger partial charge on any atom is -0.0352 e. The van der Waals surface area contributed by atoms with Gasteiger partial charge in [-0.15, -0.1) is 0 Å². The molecule has 0 fully saturated rings. The van der Waals surface area contributed by atoms with Gasteiger partial charge in [-0.3, -0.25) is 0 Å². The standard InChI is InChI=1S/C13H28/c1-6-8-9-10-13(4,5)11-12(3)7-2/h12H,6-11H2,1-5H3. The van der Waals surface area contributed by atoms with Crippen LogP contribution in [0.1, 0.15) is 73.1 Å². The molecule has 0 heterocycles. The Kier molecular flexibility index (Phi) is 6.45. The summed E-state index contributed by atoms with van der Waals surface area (Å²) < 4.78 is 0. The van der Waals surface area contributed by atoms with Crippen molar-refractivity contribution in [2.24, 2.45) is 11.3 Å². The highest BCUT2D eigenvalue weighted by Crippen LogP contribution is 2.32. The van der Waals surface area contributed by atoms with Gasteiger partial charge in [0.2, 0.25) is 0 Å². The van der Waals surface area contributed by atoms with E-state index in [9.17, 15) is 0 Å². The third kappa shape index (κ3) is 7.10. The monoisotopic (exact) mass is 184 g/mol. The van der Waals surface area contributed by atoms with Crippen LogP contribution in [0.15, 0.2) is 0 Å². The topological polar surface area (TPSA) is 0 Å². The van der Waals surface area contributed by atoms with Crippen LogP contribution in [-0.4, -0.2) is 0 Å². The molecule has 0 aliphatic rings. The van der Waals surface area contributed by atoms with Gasteiger partial charge in [0.05, 0.1) is 0 Å². The van der Waals surface area contributed by atoms with Gasteiger partial charge >= 0.3 is 0 Å². The van der Waals surface area contributed by atoms with Crippen molar-refractivity contribution in [3.8, 4) is 0 Å². The third-order valence-corrected chi connectivity index (χ3v) is 3.06. The molecule has 0 spiro atoms. The van der Waals surface area contributed by atoms with Crippen LogP contribution in [-0.2, 0) is 0 Å². The van der Waals surface area contributed by atoms with Crippen molar-refractivity contribution in [2.75, 3.05) is 0 Å². The van der Waals surface area contributed by atoms with E-state index in [2.05, 4.69) is 34.6 Å². The molecule has 0 radical (unpaired) electrons. The molecule has 0 heteroatoms. The van der Waals surface area contributed by atoms with Crippen molar-refractivity contribution in [2.45, 2.75) is 73.1 Å². The smallest absolute Gasteiger partial charge is 0.0352 e. The minimum absolute atomic E-state index is 0.574. The molecule has 80 valence electrons. The zero-order chi connectivity index (χ0) is 10.3. The molecular formula is C13H28. The summed E-state index contributed by atoms with van der Waals surface area (Å²) in [5.74, 6) is 0.900. The number of hydrogen-bond donors (Lipinski definition) is 0. The molecule has 0 aromatic carbocycles. The Morgan fingerprint density at radius 2 is 1.69 bits per heavy atom. The molecule has 1 unspecified atom stereocenters. The van der Waals surface area contributed by atoms with Crippen molar-refractivity contribution in [1.82, 2.24) is 0 Å². The van der Waals surface area contributed by atoms with Crippen molar-refractivity contribution >= 4 is 0 Å². The van der Waals surface area contributed by atoms with Crippen LogP contribution in [0.3, 0.4) is 0 Å². The molecule has 0 rings (SSSR count). The fourth-order valence-electron chi connectivity index (χ4n) is 2.04. The summed E-state index contributed by atoms with van der Waals surface area (Å²) in [6.45, 7) is 11.8. The summed E-state index contributed by atoms with van der Waals surface area (Å²) in [5, 5.41) is 0. The third-order valence-electron chi connectivity index (χ3n) is 3.06. The summed E-state index contributed by atoms with van der Waals surface area (Å²) in [6.07, 6.45) is 8.30. The van der Waals surface area contributed by atoms with Crippen LogP contribution in [0.25, 0.3) is 0 Å². The molecule has 0 aliphatic heterocycles. The van der Waals surface area contributed by atoms with Gasteiger partial charge in [-0.05, 0) is 24.2 Å². The van der Waals surface area contributed by atoms with Gasteiger partial charge in [0.1, 0.15) is 0 Å². The Bertz CT molecular complexity index is 113. The molecule has 0 aromatic rings. The predicted octanol–water partition coefficient (Wildman–Crippen LogP) is 5.03. The first-order valence-electron chi connectivity index (χ1n) is 6.02. The van der Waals surface area contributed by atoms with E-state index in [1.165, 1.54) is 38.5 Å². The lowest BCUT2D eigenvalue weighted by atomic mass is 9.78. The lowest BCUT2D eigenvalue weighted by Crippen LogP contribution is -2.15. The Hall–Kier alpha value is 0. The summed E-state index contributed by atoms with van der Waals surface area (Å²) in [5.41, 5.74) is 0.574. The van der Waals surface area contributed by atoms with Gasteiger partial charge in [-0.1, -0.05) is 60.3 Å². The number of unbranched alkanes of at least 4 members (excludes halogenated alkanes) is 2. The van der Waals surface area contributed by atoms with Crippen molar-refractivity contribution in [3.05, 3.63) is 0 Å². The van der Waals surface area contributed by atoms with Gasteiger partial charge in [0.25, 0.3) is 0 Å². The highest BCUT2D eigenvalue weighted by atomic mass is 14.2. The molecule has 0 saturated carbocycles. The lowest BCUT2D eigenvalue weighted by Gasteiger charge is -2.27. The van der Waals surface area contributed by atoms with E-state index in [-0.39, 0.29) is 0 Å². The molecule has 0 aromatic heterocycles. The Morgan fingerprint density at radius 1 is 1.08 bits per heavy atom. The minimum Gasteiger partial charge on any atom is -0.0654 e. The molecule has 0 amide bonds. The minimum atomic E-state index is 0.574. The van der Waals surface area contributed by atoms with E-state index in [1.807, 2.05) is 0 Å². The molecule has 13 heavy (non-hydrogen) atoms. The average molecular weight is 184 g/mol. The number of hydrogen-bond acceptors (Lipinski definition) is 0. The van der Waals surface area contributed by atoms with E-state index in [0.29, 0.717) is 5.41 Å². The SMILES string of the molecule is CCCCCC(C)(C)CC(C)CC. The summed E-state index contributed by atoms with van der Waals surface area (Å²) >= 11 is 0. The highest BCUT2D eigenvalue weighted by Gasteiger charge is 2.19. The van der Waals surface area contributed by atoms with Gasteiger partial charge in [0.15, 0.2) is 0 Å². The maximum absolute atomic E-state index is 2.43. The van der Waals surface area contributed by atoms with Crippen molar-refractivity contribution in [3.63, 3.8) is 0 Å². The Balaban J connectivity index is 3.65. The number of rotatable bonds is 7. The highest BCUT2D eigenvalue weighted by molar-refractivity contribution is 4.71. The molecule has 0 saturated heterocycles. The van der Waals surface area contributed by atoms with Crippen LogP contribution >= 0.6 is 0 Å². The van der Waals surface area contributed by atoms with Crippen molar-refractivity contribution < 1.29 is 0 Å². The zero-order valence-corrected chi connectivity index (χ0v) is 10.3. The first-order valence-corrected chi connectivity index (χ1v) is 6.02. The zero-order valence-electron chi connectivity index (χ0n) is 10.3. The predicted molar refractivity (Wildman–Crippen MR) is 62.0 cm³/mol. The molecular weight excluding hydrogens is 156 g/mol. The maximum atomic E-state index is 2.43. The summed E-state index contributed by atoms with van der Waals surface area (Å²) in [6, 6.07) is 0. The van der Waals surface area contributed by atoms with Gasteiger partial charge in [0, 0.05) is 0 Å². The Morgan fingerprint density at radius 3 is 2.15 bits per heavy atom. The summed E-state index contributed by atoms with van der Waals surface area (Å²) in [7, 11) is 0. The second kappa shape index (κ2) is 6.45. The van der Waals surface area contributed by atoms with Crippen LogP contribution in [0.4, 0.5) is 0 Å². The molecule has 1 atom stereocenters. The van der Waals surface area contributed by atoms with E-state index < -0.39 is 0 Å².